The fraction of sp³-hybridized carbons (Fsp3) is 0.560. The standard InChI is InChI=1S/C25H33N3O3S/c1-18-22(32-19(2)26-18)23(29)28-14-8-13-25(17-28)12-7-6-10-20-9-4-5-11-21(20)31-16-15-27(3)24(25)30/h4-5,9,11H,6-8,10,12-17H2,1-3H3. The molecule has 0 saturated carbocycles. The van der Waals surface area contributed by atoms with Crippen molar-refractivity contribution < 1.29 is 14.3 Å². The summed E-state index contributed by atoms with van der Waals surface area (Å²) in [6.07, 6.45) is 5.39. The van der Waals surface area contributed by atoms with Gasteiger partial charge < -0.3 is 14.5 Å². The summed E-state index contributed by atoms with van der Waals surface area (Å²) >= 11 is 1.45. The molecule has 1 spiro atoms. The number of carbonyl (C=O) groups is 2. The molecule has 1 saturated heterocycles. The van der Waals surface area contributed by atoms with Gasteiger partial charge >= 0.3 is 0 Å². The number of carbonyl (C=O) groups excluding carboxylic acids is 2. The Bertz CT molecular complexity index is 989. The van der Waals surface area contributed by atoms with E-state index >= 15 is 0 Å². The molecule has 0 radical (unpaired) electrons. The number of nitrogens with zero attached hydrogens (tertiary/aromatic N) is 3. The summed E-state index contributed by atoms with van der Waals surface area (Å²) in [5, 5.41) is 0.902. The first-order chi connectivity index (χ1) is 15.4. The predicted molar refractivity (Wildman–Crippen MR) is 126 cm³/mol. The summed E-state index contributed by atoms with van der Waals surface area (Å²) < 4.78 is 6.02. The first kappa shape index (κ1) is 22.8. The van der Waals surface area contributed by atoms with Crippen LogP contribution in [0.2, 0.25) is 0 Å². The van der Waals surface area contributed by atoms with Gasteiger partial charge in [-0.05, 0) is 57.6 Å². The first-order valence-electron chi connectivity index (χ1n) is 11.6. The Morgan fingerprint density at radius 3 is 2.69 bits per heavy atom. The van der Waals surface area contributed by atoms with Crippen molar-refractivity contribution in [3.05, 3.63) is 45.4 Å². The number of likely N-dealkylation sites (tertiary alicyclic amines) is 1. The molecule has 1 aromatic carbocycles. The van der Waals surface area contributed by atoms with Crippen molar-refractivity contribution in [3.63, 3.8) is 0 Å². The van der Waals surface area contributed by atoms with Gasteiger partial charge in [0.1, 0.15) is 17.2 Å². The Hall–Kier alpha value is -2.41. The van der Waals surface area contributed by atoms with Gasteiger partial charge in [0.05, 0.1) is 22.7 Å². The molecule has 1 aromatic heterocycles. The maximum absolute atomic E-state index is 13.7. The Kier molecular flexibility index (Phi) is 6.84. The van der Waals surface area contributed by atoms with Crippen LogP contribution in [0.5, 0.6) is 5.75 Å². The summed E-state index contributed by atoms with van der Waals surface area (Å²) in [4.78, 5) is 35.8. The zero-order valence-corrected chi connectivity index (χ0v) is 20.2. The van der Waals surface area contributed by atoms with Crippen molar-refractivity contribution in [2.75, 3.05) is 33.3 Å². The number of benzene rings is 1. The number of likely N-dealkylation sites (N-methyl/N-ethyl adjacent to an activating group) is 1. The van der Waals surface area contributed by atoms with E-state index in [-0.39, 0.29) is 11.8 Å². The lowest BCUT2D eigenvalue weighted by Gasteiger charge is -2.43. The fourth-order valence-electron chi connectivity index (χ4n) is 5.09. The van der Waals surface area contributed by atoms with Gasteiger partial charge in [0.25, 0.3) is 5.91 Å². The minimum atomic E-state index is -0.519. The quantitative estimate of drug-likeness (QED) is 0.645. The fourth-order valence-corrected chi connectivity index (χ4v) is 5.98. The van der Waals surface area contributed by atoms with Gasteiger partial charge in [-0.2, -0.15) is 0 Å². The first-order valence-corrected chi connectivity index (χ1v) is 12.4. The van der Waals surface area contributed by atoms with E-state index in [0.29, 0.717) is 31.1 Å². The van der Waals surface area contributed by atoms with E-state index in [1.165, 1.54) is 16.9 Å². The third-order valence-corrected chi connectivity index (χ3v) is 7.83. The van der Waals surface area contributed by atoms with Gasteiger partial charge in [0, 0.05) is 20.1 Å². The Morgan fingerprint density at radius 2 is 1.91 bits per heavy atom. The van der Waals surface area contributed by atoms with Crippen LogP contribution in [-0.4, -0.2) is 59.9 Å². The molecule has 2 aliphatic heterocycles. The van der Waals surface area contributed by atoms with E-state index in [2.05, 4.69) is 17.1 Å². The van der Waals surface area contributed by atoms with E-state index in [4.69, 9.17) is 4.74 Å². The Labute approximate surface area is 194 Å². The van der Waals surface area contributed by atoms with E-state index in [1.807, 2.05) is 37.9 Å². The van der Waals surface area contributed by atoms with Gasteiger partial charge in [-0.15, -0.1) is 11.3 Å². The molecule has 4 rings (SSSR count). The topological polar surface area (TPSA) is 62.7 Å². The molecule has 1 fully saturated rings. The van der Waals surface area contributed by atoms with Crippen molar-refractivity contribution in [1.82, 2.24) is 14.8 Å². The molecular formula is C25H33N3O3S. The lowest BCUT2D eigenvalue weighted by Crippen LogP contribution is -2.54. The number of aromatic nitrogens is 1. The van der Waals surface area contributed by atoms with Crippen molar-refractivity contribution in [2.45, 2.75) is 52.4 Å². The van der Waals surface area contributed by atoms with Gasteiger partial charge in [-0.3, -0.25) is 9.59 Å². The number of piperidine rings is 1. The highest BCUT2D eigenvalue weighted by Gasteiger charge is 2.44. The summed E-state index contributed by atoms with van der Waals surface area (Å²) in [7, 11) is 1.86. The smallest absolute Gasteiger partial charge is 0.265 e. The second-order valence-corrected chi connectivity index (χ2v) is 10.4. The molecule has 2 amide bonds. The zero-order chi connectivity index (χ0) is 22.7. The summed E-state index contributed by atoms with van der Waals surface area (Å²) in [5.41, 5.74) is 1.50. The number of fused-ring (bicyclic) bond motifs is 1. The maximum atomic E-state index is 13.7. The molecule has 7 heteroatoms. The average molecular weight is 456 g/mol. The monoisotopic (exact) mass is 455 g/mol. The third kappa shape index (κ3) is 4.68. The molecule has 2 aromatic rings. The Balaban J connectivity index is 1.55. The van der Waals surface area contributed by atoms with E-state index in [1.54, 1.807) is 4.90 Å². The molecule has 0 bridgehead atoms. The van der Waals surface area contributed by atoms with E-state index in [9.17, 15) is 9.59 Å². The highest BCUT2D eigenvalue weighted by molar-refractivity contribution is 7.13. The second kappa shape index (κ2) is 9.61. The highest BCUT2D eigenvalue weighted by Crippen LogP contribution is 2.38. The largest absolute Gasteiger partial charge is 0.491 e. The van der Waals surface area contributed by atoms with Crippen LogP contribution in [0.4, 0.5) is 0 Å². The van der Waals surface area contributed by atoms with Crippen LogP contribution < -0.4 is 4.74 Å². The third-order valence-electron chi connectivity index (χ3n) is 6.77. The molecule has 0 aliphatic carbocycles. The molecule has 3 heterocycles. The van der Waals surface area contributed by atoms with Crippen LogP contribution in [0, 0.1) is 19.3 Å². The molecule has 32 heavy (non-hydrogen) atoms. The number of thiazole rings is 1. The SMILES string of the molecule is Cc1nc(C)c(C(=O)N2CCCC3(CCCCc4ccccc4OCCN(C)C3=O)C2)s1. The van der Waals surface area contributed by atoms with Crippen LogP contribution in [0.25, 0.3) is 0 Å². The molecule has 1 atom stereocenters. The van der Waals surface area contributed by atoms with Crippen LogP contribution in [0.1, 0.15) is 58.0 Å². The number of aryl methyl sites for hydroxylation is 3. The molecule has 1 unspecified atom stereocenters. The number of rotatable bonds is 1. The lowest BCUT2D eigenvalue weighted by atomic mass is 9.74. The molecule has 0 N–H and O–H groups in total. The van der Waals surface area contributed by atoms with E-state index < -0.39 is 5.41 Å². The minimum Gasteiger partial charge on any atom is -0.491 e. The number of amides is 2. The summed E-state index contributed by atoms with van der Waals surface area (Å²) in [5.74, 6) is 1.09. The van der Waals surface area contributed by atoms with Gasteiger partial charge in [-0.1, -0.05) is 24.6 Å². The molecular weight excluding hydrogens is 422 g/mol. The maximum Gasteiger partial charge on any atom is 0.265 e. The van der Waals surface area contributed by atoms with Crippen LogP contribution in [-0.2, 0) is 11.2 Å². The van der Waals surface area contributed by atoms with Gasteiger partial charge in [0.15, 0.2) is 0 Å². The number of ether oxygens (including phenoxy) is 1. The van der Waals surface area contributed by atoms with E-state index in [0.717, 1.165) is 55.0 Å². The predicted octanol–water partition coefficient (Wildman–Crippen LogP) is 4.25. The van der Waals surface area contributed by atoms with Crippen LogP contribution >= 0.6 is 11.3 Å². The van der Waals surface area contributed by atoms with Crippen molar-refractivity contribution in [1.29, 1.82) is 0 Å². The lowest BCUT2D eigenvalue weighted by molar-refractivity contribution is -0.144. The van der Waals surface area contributed by atoms with Crippen LogP contribution in [0.15, 0.2) is 24.3 Å². The van der Waals surface area contributed by atoms with Crippen molar-refractivity contribution in [3.8, 4) is 5.75 Å². The van der Waals surface area contributed by atoms with Crippen molar-refractivity contribution in [2.24, 2.45) is 5.41 Å². The summed E-state index contributed by atoms with van der Waals surface area (Å²) in [6.45, 7) is 6.02. The molecule has 172 valence electrons. The summed E-state index contributed by atoms with van der Waals surface area (Å²) in [6, 6.07) is 8.19. The average Bonchev–Trinajstić information content (AvgIpc) is 3.13. The second-order valence-electron chi connectivity index (χ2n) is 9.15. The normalized spacial score (nSPS) is 22.7. The number of para-hydroxylation sites is 1. The zero-order valence-electron chi connectivity index (χ0n) is 19.4. The van der Waals surface area contributed by atoms with Crippen molar-refractivity contribution >= 4 is 23.2 Å². The Morgan fingerprint density at radius 1 is 1.12 bits per heavy atom. The van der Waals surface area contributed by atoms with Gasteiger partial charge in [-0.25, -0.2) is 4.98 Å². The van der Waals surface area contributed by atoms with Gasteiger partial charge in [0.2, 0.25) is 5.91 Å². The molecule has 2 aliphatic rings. The minimum absolute atomic E-state index is 0.0194. The van der Waals surface area contributed by atoms with Crippen LogP contribution in [0.3, 0.4) is 0 Å². The number of hydrogen-bond donors (Lipinski definition) is 0. The molecule has 6 nitrogen and oxygen atoms in total. The highest BCUT2D eigenvalue weighted by atomic mass is 32.1. The number of hydrogen-bond acceptors (Lipinski definition) is 5.